The van der Waals surface area contributed by atoms with E-state index >= 15 is 0 Å². The number of carbonyl (C=O) groups is 1. The van der Waals surface area contributed by atoms with Gasteiger partial charge in [-0.2, -0.15) is 0 Å². The van der Waals surface area contributed by atoms with E-state index in [0.717, 1.165) is 36.1 Å². The molecule has 118 valence electrons. The van der Waals surface area contributed by atoms with Gasteiger partial charge < -0.3 is 14.7 Å². The zero-order valence-electron chi connectivity index (χ0n) is 13.2. The van der Waals surface area contributed by atoms with E-state index in [0.29, 0.717) is 6.04 Å². The molecular weight excluding hydrogens is 278 g/mol. The summed E-state index contributed by atoms with van der Waals surface area (Å²) < 4.78 is 5.36. The summed E-state index contributed by atoms with van der Waals surface area (Å²) in [7, 11) is 1.64. The maximum absolute atomic E-state index is 12.7. The van der Waals surface area contributed by atoms with Crippen molar-refractivity contribution < 1.29 is 14.6 Å². The summed E-state index contributed by atoms with van der Waals surface area (Å²) in [5.74, 6) is 1.09. The molecule has 3 rings (SSSR count). The molecule has 0 spiro atoms. The molecule has 2 heterocycles. The Morgan fingerprint density at radius 3 is 2.86 bits per heavy atom. The van der Waals surface area contributed by atoms with Crippen LogP contribution in [0.3, 0.4) is 0 Å². The van der Waals surface area contributed by atoms with E-state index in [1.807, 2.05) is 36.1 Å². The summed E-state index contributed by atoms with van der Waals surface area (Å²) in [4.78, 5) is 14.7. The average Bonchev–Trinajstić information content (AvgIpc) is 3.12. The Kier molecular flexibility index (Phi) is 4.21. The van der Waals surface area contributed by atoms with Crippen LogP contribution < -0.4 is 4.74 Å². The number of ether oxygens (including phenoxy) is 1. The van der Waals surface area contributed by atoms with Crippen molar-refractivity contribution in [1.29, 1.82) is 0 Å². The number of carbonyl (C=O) groups excluding carboxylic acids is 1. The predicted octanol–water partition coefficient (Wildman–Crippen LogP) is 2.47. The van der Waals surface area contributed by atoms with Crippen molar-refractivity contribution in [1.82, 2.24) is 4.90 Å². The standard InChI is InChI=1S/C18H23NO3/c1-12(15-5-3-4-6-17(15)22-2)9-18(21)19-14-7-8-16(19)13(10-14)11-20/h3-6,9,13-14,16,20H,7-8,10-11H2,1-2H3/b12-9+. The summed E-state index contributed by atoms with van der Waals surface area (Å²) in [5.41, 5.74) is 1.86. The van der Waals surface area contributed by atoms with Crippen LogP contribution in [0.4, 0.5) is 0 Å². The van der Waals surface area contributed by atoms with Crippen molar-refractivity contribution in [2.45, 2.75) is 38.3 Å². The van der Waals surface area contributed by atoms with Crippen molar-refractivity contribution in [3.8, 4) is 5.75 Å². The molecule has 2 fully saturated rings. The quantitative estimate of drug-likeness (QED) is 0.869. The molecule has 2 saturated heterocycles. The second kappa shape index (κ2) is 6.13. The van der Waals surface area contributed by atoms with E-state index < -0.39 is 0 Å². The van der Waals surface area contributed by atoms with Crippen LogP contribution in [0.1, 0.15) is 31.7 Å². The van der Waals surface area contributed by atoms with Gasteiger partial charge in [-0.3, -0.25) is 4.79 Å². The third-order valence-corrected chi connectivity index (χ3v) is 5.03. The number of para-hydroxylation sites is 1. The van der Waals surface area contributed by atoms with Gasteiger partial charge in [0.1, 0.15) is 5.75 Å². The van der Waals surface area contributed by atoms with E-state index in [1.165, 1.54) is 0 Å². The number of aliphatic hydroxyl groups excluding tert-OH is 1. The second-order valence-corrected chi connectivity index (χ2v) is 6.25. The topological polar surface area (TPSA) is 49.8 Å². The van der Waals surface area contributed by atoms with E-state index in [1.54, 1.807) is 13.2 Å². The number of rotatable bonds is 4. The molecule has 1 amide bonds. The minimum Gasteiger partial charge on any atom is -0.496 e. The highest BCUT2D eigenvalue weighted by Crippen LogP contribution is 2.41. The number of nitrogens with zero attached hydrogens (tertiary/aromatic N) is 1. The number of fused-ring (bicyclic) bond motifs is 2. The van der Waals surface area contributed by atoms with Crippen molar-refractivity contribution in [3.63, 3.8) is 0 Å². The summed E-state index contributed by atoms with van der Waals surface area (Å²) in [6, 6.07) is 8.25. The zero-order valence-corrected chi connectivity index (χ0v) is 13.2. The highest BCUT2D eigenvalue weighted by atomic mass is 16.5. The van der Waals surface area contributed by atoms with Gasteiger partial charge in [-0.05, 0) is 37.8 Å². The first-order chi connectivity index (χ1) is 10.7. The number of hydrogen-bond donors (Lipinski definition) is 1. The molecule has 2 aliphatic rings. The fraction of sp³-hybridized carbons (Fsp3) is 0.500. The Morgan fingerprint density at radius 1 is 1.41 bits per heavy atom. The number of benzene rings is 1. The maximum Gasteiger partial charge on any atom is 0.247 e. The Hall–Kier alpha value is -1.81. The predicted molar refractivity (Wildman–Crippen MR) is 85.5 cm³/mol. The lowest BCUT2D eigenvalue weighted by Gasteiger charge is -2.22. The molecule has 0 aliphatic carbocycles. The van der Waals surface area contributed by atoms with E-state index in [2.05, 4.69) is 0 Å². The number of amides is 1. The smallest absolute Gasteiger partial charge is 0.247 e. The first kappa shape index (κ1) is 15.1. The molecule has 0 radical (unpaired) electrons. The fourth-order valence-electron chi connectivity index (χ4n) is 3.96. The molecule has 0 saturated carbocycles. The largest absolute Gasteiger partial charge is 0.496 e. The van der Waals surface area contributed by atoms with Crippen LogP contribution in [0.2, 0.25) is 0 Å². The van der Waals surface area contributed by atoms with Crippen LogP contribution in [0.15, 0.2) is 30.3 Å². The monoisotopic (exact) mass is 301 g/mol. The minimum atomic E-state index is 0.0619. The van der Waals surface area contributed by atoms with Gasteiger partial charge in [0.15, 0.2) is 0 Å². The van der Waals surface area contributed by atoms with Crippen molar-refractivity contribution in [2.24, 2.45) is 5.92 Å². The normalized spacial score (nSPS) is 27.3. The summed E-state index contributed by atoms with van der Waals surface area (Å²) in [5, 5.41) is 9.45. The maximum atomic E-state index is 12.7. The van der Waals surface area contributed by atoms with Gasteiger partial charge in [-0.1, -0.05) is 18.2 Å². The lowest BCUT2D eigenvalue weighted by molar-refractivity contribution is -0.127. The van der Waals surface area contributed by atoms with E-state index in [9.17, 15) is 9.90 Å². The highest BCUT2D eigenvalue weighted by molar-refractivity contribution is 5.96. The third-order valence-electron chi connectivity index (χ3n) is 5.03. The van der Waals surface area contributed by atoms with Crippen LogP contribution in [0.5, 0.6) is 5.75 Å². The lowest BCUT2D eigenvalue weighted by Crippen LogP contribution is -2.36. The minimum absolute atomic E-state index is 0.0619. The summed E-state index contributed by atoms with van der Waals surface area (Å²) in [6.07, 6.45) is 4.73. The van der Waals surface area contributed by atoms with Gasteiger partial charge in [0.25, 0.3) is 0 Å². The Labute approximate surface area is 131 Å². The van der Waals surface area contributed by atoms with Gasteiger partial charge in [-0.25, -0.2) is 0 Å². The molecule has 1 N–H and O–H groups in total. The molecule has 2 bridgehead atoms. The Balaban J connectivity index is 1.81. The molecular formula is C18H23NO3. The molecule has 3 unspecified atom stereocenters. The Morgan fingerprint density at radius 2 is 2.18 bits per heavy atom. The zero-order chi connectivity index (χ0) is 15.7. The van der Waals surface area contributed by atoms with E-state index in [-0.39, 0.29) is 24.5 Å². The first-order valence-electron chi connectivity index (χ1n) is 7.90. The van der Waals surface area contributed by atoms with Crippen LogP contribution in [-0.4, -0.2) is 41.7 Å². The average molecular weight is 301 g/mol. The van der Waals surface area contributed by atoms with Crippen molar-refractivity contribution >= 4 is 11.5 Å². The fourth-order valence-corrected chi connectivity index (χ4v) is 3.96. The number of allylic oxidation sites excluding steroid dienone is 1. The summed E-state index contributed by atoms with van der Waals surface area (Å²) >= 11 is 0. The Bertz CT molecular complexity index is 596. The van der Waals surface area contributed by atoms with Crippen molar-refractivity contribution in [3.05, 3.63) is 35.9 Å². The third kappa shape index (κ3) is 2.52. The number of aliphatic hydroxyl groups is 1. The van der Waals surface area contributed by atoms with Crippen LogP contribution >= 0.6 is 0 Å². The van der Waals surface area contributed by atoms with Gasteiger partial charge in [0.05, 0.1) is 7.11 Å². The van der Waals surface area contributed by atoms with Gasteiger partial charge in [-0.15, -0.1) is 0 Å². The van der Waals surface area contributed by atoms with Gasteiger partial charge >= 0.3 is 0 Å². The van der Waals surface area contributed by atoms with Gasteiger partial charge in [0.2, 0.25) is 5.91 Å². The molecule has 3 atom stereocenters. The molecule has 22 heavy (non-hydrogen) atoms. The van der Waals surface area contributed by atoms with Crippen LogP contribution in [0, 0.1) is 5.92 Å². The lowest BCUT2D eigenvalue weighted by atomic mass is 9.90. The SMILES string of the molecule is COc1ccccc1/C(C)=C/C(=O)N1C2CCC1C(CO)C2. The number of methoxy groups -OCH3 is 1. The second-order valence-electron chi connectivity index (χ2n) is 6.25. The molecule has 2 aliphatic heterocycles. The molecule has 4 nitrogen and oxygen atoms in total. The summed E-state index contributed by atoms with van der Waals surface area (Å²) in [6.45, 7) is 2.12. The molecule has 1 aromatic carbocycles. The van der Waals surface area contributed by atoms with E-state index in [4.69, 9.17) is 4.74 Å². The number of hydrogen-bond acceptors (Lipinski definition) is 3. The molecule has 1 aromatic rings. The van der Waals surface area contributed by atoms with Gasteiger partial charge in [0, 0.05) is 36.2 Å². The highest BCUT2D eigenvalue weighted by Gasteiger charge is 2.47. The first-order valence-corrected chi connectivity index (χ1v) is 7.90. The van der Waals surface area contributed by atoms with Crippen LogP contribution in [-0.2, 0) is 4.79 Å². The molecule has 4 heteroatoms. The van der Waals surface area contributed by atoms with Crippen LogP contribution in [0.25, 0.3) is 5.57 Å². The molecule has 0 aromatic heterocycles. The van der Waals surface area contributed by atoms with Crippen molar-refractivity contribution in [2.75, 3.05) is 13.7 Å².